The molecule has 1 fully saturated rings. The van der Waals surface area contributed by atoms with Gasteiger partial charge < -0.3 is 15.5 Å². The van der Waals surface area contributed by atoms with Gasteiger partial charge in [0.2, 0.25) is 5.91 Å². The van der Waals surface area contributed by atoms with E-state index in [9.17, 15) is 9.59 Å². The van der Waals surface area contributed by atoms with Gasteiger partial charge in [-0.2, -0.15) is 0 Å². The van der Waals surface area contributed by atoms with E-state index in [4.69, 9.17) is 11.6 Å². The third-order valence-corrected chi connectivity index (χ3v) is 6.70. The summed E-state index contributed by atoms with van der Waals surface area (Å²) in [6, 6.07) is 21.0. The highest BCUT2D eigenvalue weighted by molar-refractivity contribution is 6.35. The van der Waals surface area contributed by atoms with Crippen molar-refractivity contribution in [3.05, 3.63) is 101 Å². The number of carbonyl (C=O) groups excluding carboxylic acids is 2. The van der Waals surface area contributed by atoms with Crippen LogP contribution < -0.4 is 10.6 Å². The lowest BCUT2D eigenvalue weighted by Gasteiger charge is -2.11. The summed E-state index contributed by atoms with van der Waals surface area (Å²) in [5.41, 5.74) is 4.21. The van der Waals surface area contributed by atoms with Crippen LogP contribution in [0.2, 0.25) is 5.02 Å². The molecule has 1 aromatic heterocycles. The van der Waals surface area contributed by atoms with Gasteiger partial charge in [-0.3, -0.25) is 14.6 Å². The predicted octanol–water partition coefficient (Wildman–Crippen LogP) is 5.94. The van der Waals surface area contributed by atoms with E-state index in [1.807, 2.05) is 74.8 Å². The van der Waals surface area contributed by atoms with Crippen molar-refractivity contribution in [1.29, 1.82) is 0 Å². The maximum atomic E-state index is 12.9. The highest BCUT2D eigenvalue weighted by atomic mass is 35.5. The lowest BCUT2D eigenvalue weighted by molar-refractivity contribution is -0.117. The van der Waals surface area contributed by atoms with Crippen LogP contribution in [0.5, 0.6) is 0 Å². The zero-order valence-electron chi connectivity index (χ0n) is 20.2. The van der Waals surface area contributed by atoms with Gasteiger partial charge in [0.1, 0.15) is 0 Å². The lowest BCUT2D eigenvalue weighted by Crippen LogP contribution is -2.15. The van der Waals surface area contributed by atoms with Crippen LogP contribution in [0.25, 0.3) is 10.8 Å². The van der Waals surface area contributed by atoms with E-state index in [2.05, 4.69) is 20.5 Å². The molecule has 0 radical (unpaired) electrons. The molecule has 182 valence electrons. The number of nitrogens with zero attached hydrogens (tertiary/aromatic N) is 2. The highest BCUT2D eigenvalue weighted by Gasteiger charge is 2.44. The molecule has 3 aromatic carbocycles. The van der Waals surface area contributed by atoms with E-state index >= 15 is 0 Å². The number of anilines is 2. The summed E-state index contributed by atoms with van der Waals surface area (Å²) in [4.78, 5) is 31.9. The molecule has 36 heavy (non-hydrogen) atoms. The van der Waals surface area contributed by atoms with Gasteiger partial charge in [-0.25, -0.2) is 0 Å². The number of rotatable bonds is 7. The molecule has 2 N–H and O–H groups in total. The number of halogens is 1. The molecule has 1 heterocycles. The van der Waals surface area contributed by atoms with Crippen LogP contribution in [0.4, 0.5) is 11.4 Å². The van der Waals surface area contributed by atoms with E-state index < -0.39 is 0 Å². The molecule has 5 rings (SSSR count). The van der Waals surface area contributed by atoms with Gasteiger partial charge in [0, 0.05) is 52.6 Å². The molecule has 0 unspecified atom stereocenters. The summed E-state index contributed by atoms with van der Waals surface area (Å²) in [5, 5.41) is 8.29. The van der Waals surface area contributed by atoms with Crippen molar-refractivity contribution >= 4 is 45.6 Å². The number of aromatic nitrogens is 1. The monoisotopic (exact) mass is 498 g/mol. The quantitative estimate of drug-likeness (QED) is 0.330. The van der Waals surface area contributed by atoms with Gasteiger partial charge in [-0.15, -0.1) is 0 Å². The Hall–Kier alpha value is -3.74. The molecule has 7 heteroatoms. The Morgan fingerprint density at radius 3 is 2.53 bits per heavy atom. The van der Waals surface area contributed by atoms with Crippen molar-refractivity contribution in [2.45, 2.75) is 18.9 Å². The Labute approximate surface area is 215 Å². The normalized spacial score (nSPS) is 16.7. The maximum absolute atomic E-state index is 12.9. The number of hydrogen-bond acceptors (Lipinski definition) is 4. The van der Waals surface area contributed by atoms with Crippen LogP contribution in [0.1, 0.15) is 33.8 Å². The number of nitrogens with one attached hydrogen (secondary N) is 2. The summed E-state index contributed by atoms with van der Waals surface area (Å²) in [6.07, 6.45) is 4.09. The molecule has 0 spiro atoms. The van der Waals surface area contributed by atoms with Crippen LogP contribution in [0, 0.1) is 5.92 Å². The first kappa shape index (κ1) is 24.0. The standard InChI is InChI=1S/C29H27ClN4O2/c1-34(2)17-18-6-9-22(10-7-18)32-28(35)20-5-3-4-19(12-20)24-14-26(24)29(36)33-23-11-8-21-15-31-16-27(30)25(21)13-23/h3-13,15-16,24,26H,14,17H2,1-2H3,(H,32,35)(H,33,36)/t24-,26+/m0/s1. The first-order valence-corrected chi connectivity index (χ1v) is 12.2. The summed E-state index contributed by atoms with van der Waals surface area (Å²) < 4.78 is 0. The number of amides is 2. The van der Waals surface area contributed by atoms with Gasteiger partial charge >= 0.3 is 0 Å². The van der Waals surface area contributed by atoms with Crippen molar-refractivity contribution < 1.29 is 9.59 Å². The second-order valence-electron chi connectivity index (χ2n) is 9.51. The van der Waals surface area contributed by atoms with Crippen LogP contribution in [-0.4, -0.2) is 35.8 Å². The molecule has 1 aliphatic carbocycles. The summed E-state index contributed by atoms with van der Waals surface area (Å²) in [5.74, 6) is -0.230. The SMILES string of the molecule is CN(C)Cc1ccc(NC(=O)c2cccc([C@@H]3C[C@H]3C(=O)Nc3ccc4cncc(Cl)c4c3)c2)cc1. The van der Waals surface area contributed by atoms with Crippen LogP contribution in [0.3, 0.4) is 0 Å². The fourth-order valence-corrected chi connectivity index (χ4v) is 4.69. The Morgan fingerprint density at radius 1 is 0.972 bits per heavy atom. The predicted molar refractivity (Wildman–Crippen MR) is 144 cm³/mol. The summed E-state index contributed by atoms with van der Waals surface area (Å²) in [7, 11) is 4.04. The first-order chi connectivity index (χ1) is 17.4. The van der Waals surface area contributed by atoms with Crippen molar-refractivity contribution in [3.63, 3.8) is 0 Å². The molecule has 0 aliphatic heterocycles. The van der Waals surface area contributed by atoms with Gasteiger partial charge in [0.05, 0.1) is 5.02 Å². The average molecular weight is 499 g/mol. The van der Waals surface area contributed by atoms with Crippen LogP contribution in [0.15, 0.2) is 79.1 Å². The number of carbonyl (C=O) groups is 2. The van der Waals surface area contributed by atoms with E-state index in [0.717, 1.165) is 35.0 Å². The zero-order valence-corrected chi connectivity index (χ0v) is 20.9. The van der Waals surface area contributed by atoms with Gasteiger partial charge in [-0.05, 0) is 74.0 Å². The van der Waals surface area contributed by atoms with Crippen molar-refractivity contribution in [2.75, 3.05) is 24.7 Å². The number of hydrogen-bond donors (Lipinski definition) is 2. The third-order valence-electron chi connectivity index (χ3n) is 6.39. The summed E-state index contributed by atoms with van der Waals surface area (Å²) >= 11 is 6.25. The molecule has 1 aliphatic rings. The molecular formula is C29H27ClN4O2. The molecule has 0 saturated heterocycles. The van der Waals surface area contributed by atoms with Crippen LogP contribution in [-0.2, 0) is 11.3 Å². The van der Waals surface area contributed by atoms with E-state index in [1.54, 1.807) is 18.5 Å². The second-order valence-corrected chi connectivity index (χ2v) is 9.92. The highest BCUT2D eigenvalue weighted by Crippen LogP contribution is 2.48. The smallest absolute Gasteiger partial charge is 0.255 e. The second kappa shape index (κ2) is 10.1. The Balaban J connectivity index is 1.22. The number of fused-ring (bicyclic) bond motifs is 1. The Kier molecular flexibility index (Phi) is 6.72. The fraction of sp³-hybridized carbons (Fsp3) is 0.207. The molecule has 2 atom stereocenters. The zero-order chi connectivity index (χ0) is 25.2. The molecule has 0 bridgehead atoms. The van der Waals surface area contributed by atoms with Crippen molar-refractivity contribution in [2.24, 2.45) is 5.92 Å². The van der Waals surface area contributed by atoms with Crippen LogP contribution >= 0.6 is 11.6 Å². The maximum Gasteiger partial charge on any atom is 0.255 e. The largest absolute Gasteiger partial charge is 0.326 e. The number of benzene rings is 3. The Bertz CT molecular complexity index is 1440. The van der Waals surface area contributed by atoms with Crippen molar-refractivity contribution in [1.82, 2.24) is 9.88 Å². The minimum atomic E-state index is -0.165. The third kappa shape index (κ3) is 5.40. The summed E-state index contributed by atoms with van der Waals surface area (Å²) in [6.45, 7) is 0.846. The lowest BCUT2D eigenvalue weighted by atomic mass is 10.0. The molecule has 6 nitrogen and oxygen atoms in total. The molecule has 4 aromatic rings. The van der Waals surface area contributed by atoms with Gasteiger partial charge in [0.15, 0.2) is 0 Å². The molecular weight excluding hydrogens is 472 g/mol. The number of pyridine rings is 1. The van der Waals surface area contributed by atoms with E-state index in [0.29, 0.717) is 16.3 Å². The van der Waals surface area contributed by atoms with Gasteiger partial charge in [0.25, 0.3) is 5.91 Å². The Morgan fingerprint density at radius 2 is 1.75 bits per heavy atom. The van der Waals surface area contributed by atoms with Gasteiger partial charge in [-0.1, -0.05) is 41.9 Å². The minimum absolute atomic E-state index is 0.0304. The van der Waals surface area contributed by atoms with E-state index in [1.165, 1.54) is 5.56 Å². The average Bonchev–Trinajstić information content (AvgIpc) is 3.67. The fourth-order valence-electron chi connectivity index (χ4n) is 4.47. The molecule has 2 amide bonds. The topological polar surface area (TPSA) is 74.3 Å². The first-order valence-electron chi connectivity index (χ1n) is 11.9. The van der Waals surface area contributed by atoms with E-state index in [-0.39, 0.29) is 23.7 Å². The minimum Gasteiger partial charge on any atom is -0.326 e. The van der Waals surface area contributed by atoms with Crippen molar-refractivity contribution in [3.8, 4) is 0 Å². The molecule has 1 saturated carbocycles.